The normalized spacial score (nSPS) is 9.82. The van der Waals surface area contributed by atoms with E-state index in [2.05, 4.69) is 47.9 Å². The van der Waals surface area contributed by atoms with Crippen molar-refractivity contribution >= 4 is 59.7 Å². The highest BCUT2D eigenvalue weighted by Crippen LogP contribution is 1.92. The lowest BCUT2D eigenvalue weighted by Gasteiger charge is -2.08. The van der Waals surface area contributed by atoms with Crippen LogP contribution in [0.15, 0.2) is 0 Å². The van der Waals surface area contributed by atoms with E-state index in [0.29, 0.717) is 6.54 Å². The average Bonchev–Trinajstić information content (AvgIpc) is 2.99. The molecule has 21 nitrogen and oxygen atoms in total. The SMILES string of the molecule is CC(=O)OCCNCCOC(=O)COC(=O)COC(=O)COC(=O)COC(=O)COC(=O)COC(=O)COC(=O)COC(C)=O. The molecule has 0 atom stereocenters. The molecule has 252 valence electrons. The molecule has 0 aliphatic carbocycles. The van der Waals surface area contributed by atoms with Crippen LogP contribution in [0.1, 0.15) is 13.8 Å². The molecule has 0 heterocycles. The molecule has 45 heavy (non-hydrogen) atoms. The van der Waals surface area contributed by atoms with Crippen molar-refractivity contribution < 1.29 is 95.3 Å². The predicted molar refractivity (Wildman–Crippen MR) is 134 cm³/mol. The largest absolute Gasteiger partial charge is 0.465 e. The van der Waals surface area contributed by atoms with E-state index in [9.17, 15) is 47.9 Å². The van der Waals surface area contributed by atoms with E-state index < -0.39 is 113 Å². The van der Waals surface area contributed by atoms with Gasteiger partial charge in [-0.15, -0.1) is 0 Å². The van der Waals surface area contributed by atoms with Crippen molar-refractivity contribution in [3.63, 3.8) is 0 Å². The second-order valence-electron chi connectivity index (χ2n) is 7.72. The van der Waals surface area contributed by atoms with E-state index in [1.807, 2.05) is 0 Å². The summed E-state index contributed by atoms with van der Waals surface area (Å²) in [6.45, 7) is -4.26. The molecule has 21 heteroatoms. The Morgan fingerprint density at radius 2 is 0.556 bits per heavy atom. The molecule has 0 aliphatic rings. The summed E-state index contributed by atoms with van der Waals surface area (Å²) < 4.78 is 45.0. The molecule has 0 saturated carbocycles. The number of carbonyl (C=O) groups excluding carboxylic acids is 10. The summed E-state index contributed by atoms with van der Waals surface area (Å²) in [4.78, 5) is 113. The Morgan fingerprint density at radius 1 is 0.333 bits per heavy atom. The van der Waals surface area contributed by atoms with Crippen molar-refractivity contribution in [1.29, 1.82) is 0 Å². The minimum atomic E-state index is -1.22. The number of rotatable bonds is 22. The van der Waals surface area contributed by atoms with E-state index in [1.54, 1.807) is 0 Å². The Hall–Kier alpha value is -5.34. The Kier molecular flexibility index (Phi) is 21.3. The number of ether oxygens (including phenoxy) is 10. The zero-order chi connectivity index (χ0) is 34.0. The highest BCUT2D eigenvalue weighted by molar-refractivity contribution is 5.83. The van der Waals surface area contributed by atoms with Gasteiger partial charge >= 0.3 is 59.7 Å². The van der Waals surface area contributed by atoms with Crippen molar-refractivity contribution in [3.8, 4) is 0 Å². The summed E-state index contributed by atoms with van der Waals surface area (Å²) in [5, 5.41) is 2.82. The third-order valence-corrected chi connectivity index (χ3v) is 3.98. The van der Waals surface area contributed by atoms with E-state index in [-0.39, 0.29) is 19.8 Å². The lowest BCUT2D eigenvalue weighted by molar-refractivity contribution is -0.172. The number of esters is 10. The molecular formula is C24H31NO20. The van der Waals surface area contributed by atoms with Crippen LogP contribution in [-0.2, 0) is 95.3 Å². The van der Waals surface area contributed by atoms with Gasteiger partial charge in [0.15, 0.2) is 52.9 Å². The number of hydrogen-bond donors (Lipinski definition) is 1. The topological polar surface area (TPSA) is 275 Å². The first-order valence-electron chi connectivity index (χ1n) is 12.5. The van der Waals surface area contributed by atoms with Crippen LogP contribution in [0.25, 0.3) is 0 Å². The Balaban J connectivity index is 3.89. The van der Waals surface area contributed by atoms with Crippen molar-refractivity contribution in [3.05, 3.63) is 0 Å². The van der Waals surface area contributed by atoms with Crippen LogP contribution >= 0.6 is 0 Å². The van der Waals surface area contributed by atoms with Crippen LogP contribution in [-0.4, -0.2) is 139 Å². The van der Waals surface area contributed by atoms with Gasteiger partial charge in [-0.05, 0) is 0 Å². The van der Waals surface area contributed by atoms with Gasteiger partial charge in [-0.1, -0.05) is 0 Å². The van der Waals surface area contributed by atoms with Crippen molar-refractivity contribution in [2.24, 2.45) is 0 Å². The Bertz CT molecular complexity index is 1070. The van der Waals surface area contributed by atoms with Gasteiger partial charge < -0.3 is 52.7 Å². The minimum Gasteiger partial charge on any atom is -0.465 e. The Labute approximate surface area is 253 Å². The fourth-order valence-electron chi connectivity index (χ4n) is 2.10. The van der Waals surface area contributed by atoms with Crippen molar-refractivity contribution in [2.75, 3.05) is 79.2 Å². The Morgan fingerprint density at radius 3 is 0.822 bits per heavy atom. The van der Waals surface area contributed by atoms with E-state index >= 15 is 0 Å². The molecule has 0 aromatic heterocycles. The standard InChI is InChI=1S/C24H31NO20/c1-15(26)36-5-3-25-4-6-37-17(28)8-39-19(30)10-41-21(32)12-43-23(34)14-45-24(35)13-44-22(33)11-42-20(31)9-40-18(29)7-38-16(2)27/h25H,3-14H2,1-2H3. The fourth-order valence-corrected chi connectivity index (χ4v) is 2.10. The van der Waals surface area contributed by atoms with Gasteiger partial charge in [-0.25, -0.2) is 38.4 Å². The summed E-state index contributed by atoms with van der Waals surface area (Å²) >= 11 is 0. The zero-order valence-corrected chi connectivity index (χ0v) is 24.2. The molecule has 1 N–H and O–H groups in total. The summed E-state index contributed by atoms with van der Waals surface area (Å²) in [7, 11) is 0. The number of carbonyl (C=O) groups is 10. The monoisotopic (exact) mass is 653 g/mol. The minimum absolute atomic E-state index is 0.0571. The van der Waals surface area contributed by atoms with Gasteiger partial charge in [-0.2, -0.15) is 0 Å². The molecule has 0 spiro atoms. The van der Waals surface area contributed by atoms with Crippen LogP contribution in [0, 0.1) is 0 Å². The summed E-state index contributed by atoms with van der Waals surface area (Å²) in [5.41, 5.74) is 0. The molecule has 0 aliphatic heterocycles. The smallest absolute Gasteiger partial charge is 0.344 e. The third-order valence-electron chi connectivity index (χ3n) is 3.98. The quantitative estimate of drug-likeness (QED) is 0.0663. The maximum Gasteiger partial charge on any atom is 0.344 e. The molecular weight excluding hydrogens is 622 g/mol. The van der Waals surface area contributed by atoms with E-state index in [4.69, 9.17) is 4.74 Å². The second kappa shape index (κ2) is 24.1. The van der Waals surface area contributed by atoms with Crippen LogP contribution in [0.5, 0.6) is 0 Å². The van der Waals surface area contributed by atoms with Gasteiger partial charge in [0.1, 0.15) is 13.2 Å². The molecule has 0 aromatic carbocycles. The van der Waals surface area contributed by atoms with Crippen LogP contribution < -0.4 is 5.32 Å². The van der Waals surface area contributed by atoms with Crippen molar-refractivity contribution in [1.82, 2.24) is 5.32 Å². The van der Waals surface area contributed by atoms with Crippen LogP contribution in [0.4, 0.5) is 0 Å². The maximum absolute atomic E-state index is 11.6. The van der Waals surface area contributed by atoms with E-state index in [1.165, 1.54) is 6.92 Å². The highest BCUT2D eigenvalue weighted by atomic mass is 16.6. The van der Waals surface area contributed by atoms with Crippen LogP contribution in [0.2, 0.25) is 0 Å². The maximum atomic E-state index is 11.6. The van der Waals surface area contributed by atoms with Gasteiger partial charge in [0.05, 0.1) is 0 Å². The highest BCUT2D eigenvalue weighted by Gasteiger charge is 2.17. The molecule has 0 bridgehead atoms. The lowest BCUT2D eigenvalue weighted by Crippen LogP contribution is -2.27. The van der Waals surface area contributed by atoms with Gasteiger partial charge in [0, 0.05) is 26.9 Å². The first kappa shape index (κ1) is 39.7. The molecule has 0 rings (SSSR count). The average molecular weight is 653 g/mol. The van der Waals surface area contributed by atoms with Gasteiger partial charge in [0.2, 0.25) is 0 Å². The molecule has 0 fully saturated rings. The van der Waals surface area contributed by atoms with Crippen LogP contribution in [0.3, 0.4) is 0 Å². The number of hydrogen-bond acceptors (Lipinski definition) is 21. The molecule has 0 amide bonds. The van der Waals surface area contributed by atoms with Crippen molar-refractivity contribution in [2.45, 2.75) is 13.8 Å². The van der Waals surface area contributed by atoms with E-state index in [0.717, 1.165) is 6.92 Å². The summed E-state index contributed by atoms with van der Waals surface area (Å²) in [6, 6.07) is 0. The second-order valence-corrected chi connectivity index (χ2v) is 7.72. The van der Waals surface area contributed by atoms with Gasteiger partial charge in [-0.3, -0.25) is 9.59 Å². The first-order valence-corrected chi connectivity index (χ1v) is 12.5. The molecule has 0 saturated heterocycles. The zero-order valence-electron chi connectivity index (χ0n) is 24.2. The lowest BCUT2D eigenvalue weighted by atomic mass is 10.6. The first-order chi connectivity index (χ1) is 21.3. The third kappa shape index (κ3) is 26.1. The fraction of sp³-hybridized carbons (Fsp3) is 0.583. The van der Waals surface area contributed by atoms with Gasteiger partial charge in [0.25, 0.3) is 0 Å². The molecule has 0 aromatic rings. The predicted octanol–water partition coefficient (Wildman–Crippen LogP) is -3.95. The summed E-state index contributed by atoms with van der Waals surface area (Å²) in [6.07, 6.45) is 0. The summed E-state index contributed by atoms with van der Waals surface area (Å²) in [5.74, 6) is -10.2. The molecule has 0 unspecified atom stereocenters. The number of nitrogens with one attached hydrogen (secondary N) is 1. The molecule has 0 radical (unpaired) electrons.